The van der Waals surface area contributed by atoms with Crippen molar-refractivity contribution in [3.8, 4) is 0 Å². The minimum Gasteiger partial charge on any atom is -0.376 e. The van der Waals surface area contributed by atoms with Crippen molar-refractivity contribution in [1.29, 1.82) is 0 Å². The number of rotatable bonds is 3. The van der Waals surface area contributed by atoms with Crippen LogP contribution in [-0.4, -0.2) is 30.1 Å². The number of nitrogens with zero attached hydrogens (tertiary/aromatic N) is 1. The number of anilines is 1. The molecule has 4 nitrogen and oxygen atoms in total. The molecule has 1 fully saturated rings. The molecular formula is C19H20N2O2. The molecule has 1 N–H and O–H groups in total. The molecule has 2 atom stereocenters. The lowest BCUT2D eigenvalue weighted by Crippen LogP contribution is -2.46. The maximum atomic E-state index is 13.0. The molecule has 0 spiro atoms. The van der Waals surface area contributed by atoms with Gasteiger partial charge < -0.3 is 15.0 Å². The minimum atomic E-state index is -0.150. The van der Waals surface area contributed by atoms with E-state index in [9.17, 15) is 4.79 Å². The van der Waals surface area contributed by atoms with E-state index >= 15 is 0 Å². The number of hydrogen-bond donors (Lipinski definition) is 1. The summed E-state index contributed by atoms with van der Waals surface area (Å²) in [5, 5.41) is 3.52. The van der Waals surface area contributed by atoms with Gasteiger partial charge in [-0.25, -0.2) is 0 Å². The number of nitrogens with one attached hydrogen (secondary N) is 1. The number of para-hydroxylation sites is 1. The summed E-state index contributed by atoms with van der Waals surface area (Å²) in [5.74, 6) is 0.0729. The number of ether oxygens (including phenoxy) is 1. The first-order chi connectivity index (χ1) is 11.3. The summed E-state index contributed by atoms with van der Waals surface area (Å²) >= 11 is 0. The first kappa shape index (κ1) is 14.3. The van der Waals surface area contributed by atoms with Crippen LogP contribution < -0.4 is 5.32 Å². The van der Waals surface area contributed by atoms with Crippen molar-refractivity contribution in [1.82, 2.24) is 4.90 Å². The fraction of sp³-hybridized carbons (Fsp3) is 0.316. The molecular weight excluding hydrogens is 288 g/mol. The van der Waals surface area contributed by atoms with Gasteiger partial charge in [0.1, 0.15) is 6.17 Å². The molecule has 2 aromatic rings. The Morgan fingerprint density at radius 2 is 1.87 bits per heavy atom. The van der Waals surface area contributed by atoms with Crippen LogP contribution in [0.5, 0.6) is 0 Å². The zero-order valence-corrected chi connectivity index (χ0v) is 12.9. The first-order valence-electron chi connectivity index (χ1n) is 8.16. The molecule has 4 heteroatoms. The molecule has 0 radical (unpaired) electrons. The minimum absolute atomic E-state index is 0.0729. The van der Waals surface area contributed by atoms with E-state index in [1.54, 1.807) is 0 Å². The second kappa shape index (κ2) is 6.05. The summed E-state index contributed by atoms with van der Waals surface area (Å²) in [6.07, 6.45) is 2.08. The maximum Gasteiger partial charge on any atom is 0.257 e. The highest BCUT2D eigenvalue weighted by atomic mass is 16.5. The van der Waals surface area contributed by atoms with Gasteiger partial charge in [0, 0.05) is 18.8 Å². The van der Waals surface area contributed by atoms with Gasteiger partial charge in [-0.15, -0.1) is 0 Å². The van der Waals surface area contributed by atoms with Crippen LogP contribution in [0.3, 0.4) is 0 Å². The predicted octanol–water partition coefficient (Wildman–Crippen LogP) is 3.43. The first-order valence-corrected chi connectivity index (χ1v) is 8.16. The van der Waals surface area contributed by atoms with Crippen LogP contribution in [-0.2, 0) is 4.74 Å². The van der Waals surface area contributed by atoms with E-state index in [1.807, 2.05) is 47.4 Å². The van der Waals surface area contributed by atoms with E-state index in [2.05, 4.69) is 17.4 Å². The van der Waals surface area contributed by atoms with Gasteiger partial charge >= 0.3 is 0 Å². The standard InChI is InChI=1S/C19H20N2O2/c22-19-16-10-4-5-11-17(16)20-18(14-7-2-1-3-8-14)21(19)13-15-9-6-12-23-15/h1-5,7-8,10-11,15,18,20H,6,9,12-13H2/t15-,18-/m0/s1. The molecule has 0 aliphatic carbocycles. The van der Waals surface area contributed by atoms with Gasteiger partial charge in [-0.2, -0.15) is 0 Å². The largest absolute Gasteiger partial charge is 0.376 e. The van der Waals surface area contributed by atoms with E-state index in [-0.39, 0.29) is 18.2 Å². The van der Waals surface area contributed by atoms with E-state index in [4.69, 9.17) is 4.74 Å². The summed E-state index contributed by atoms with van der Waals surface area (Å²) in [5.41, 5.74) is 2.72. The lowest BCUT2D eigenvalue weighted by Gasteiger charge is -2.39. The number of hydrogen-bond acceptors (Lipinski definition) is 3. The summed E-state index contributed by atoms with van der Waals surface area (Å²) in [4.78, 5) is 14.9. The van der Waals surface area contributed by atoms with E-state index in [0.29, 0.717) is 6.54 Å². The van der Waals surface area contributed by atoms with E-state index < -0.39 is 0 Å². The highest BCUT2D eigenvalue weighted by molar-refractivity contribution is 6.01. The topological polar surface area (TPSA) is 41.6 Å². The Labute approximate surface area is 136 Å². The Morgan fingerprint density at radius 1 is 1.09 bits per heavy atom. The smallest absolute Gasteiger partial charge is 0.257 e. The molecule has 1 saturated heterocycles. The van der Waals surface area contributed by atoms with Crippen LogP contribution in [0.4, 0.5) is 5.69 Å². The zero-order valence-electron chi connectivity index (χ0n) is 12.9. The average Bonchev–Trinajstić information content (AvgIpc) is 3.11. The van der Waals surface area contributed by atoms with Crippen LogP contribution in [0.1, 0.15) is 34.9 Å². The van der Waals surface area contributed by atoms with Crippen molar-refractivity contribution in [2.45, 2.75) is 25.1 Å². The number of amides is 1. The molecule has 23 heavy (non-hydrogen) atoms. The van der Waals surface area contributed by atoms with Gasteiger partial charge in [-0.3, -0.25) is 4.79 Å². The van der Waals surface area contributed by atoms with Crippen molar-refractivity contribution < 1.29 is 9.53 Å². The summed E-state index contributed by atoms with van der Waals surface area (Å²) in [6, 6.07) is 17.8. The summed E-state index contributed by atoms with van der Waals surface area (Å²) in [7, 11) is 0. The molecule has 2 heterocycles. The third-order valence-electron chi connectivity index (χ3n) is 4.56. The molecule has 0 bridgehead atoms. The van der Waals surface area contributed by atoms with Crippen LogP contribution in [0.25, 0.3) is 0 Å². The van der Waals surface area contributed by atoms with Gasteiger partial charge in [-0.05, 0) is 30.5 Å². The Balaban J connectivity index is 1.70. The molecule has 118 valence electrons. The molecule has 4 rings (SSSR count). The fourth-order valence-corrected chi connectivity index (χ4v) is 3.39. The Kier molecular flexibility index (Phi) is 3.75. The normalized spacial score (nSPS) is 23.5. The number of carbonyl (C=O) groups excluding carboxylic acids is 1. The molecule has 2 aromatic carbocycles. The predicted molar refractivity (Wildman–Crippen MR) is 89.3 cm³/mol. The second-order valence-electron chi connectivity index (χ2n) is 6.10. The monoisotopic (exact) mass is 308 g/mol. The number of benzene rings is 2. The molecule has 2 aliphatic heterocycles. The lowest BCUT2D eigenvalue weighted by atomic mass is 10.0. The van der Waals surface area contributed by atoms with Gasteiger partial charge in [0.15, 0.2) is 0 Å². The maximum absolute atomic E-state index is 13.0. The molecule has 0 unspecified atom stereocenters. The average molecular weight is 308 g/mol. The van der Waals surface area contributed by atoms with Gasteiger partial charge in [-0.1, -0.05) is 42.5 Å². The van der Waals surface area contributed by atoms with Crippen LogP contribution >= 0.6 is 0 Å². The summed E-state index contributed by atoms with van der Waals surface area (Å²) < 4.78 is 5.75. The molecule has 1 amide bonds. The third-order valence-corrected chi connectivity index (χ3v) is 4.56. The highest BCUT2D eigenvalue weighted by Gasteiger charge is 2.34. The van der Waals surface area contributed by atoms with E-state index in [0.717, 1.165) is 36.3 Å². The molecule has 0 saturated carbocycles. The fourth-order valence-electron chi connectivity index (χ4n) is 3.39. The van der Waals surface area contributed by atoms with Crippen molar-refractivity contribution >= 4 is 11.6 Å². The van der Waals surface area contributed by atoms with Crippen LogP contribution in [0.2, 0.25) is 0 Å². The van der Waals surface area contributed by atoms with Crippen molar-refractivity contribution in [2.24, 2.45) is 0 Å². The van der Waals surface area contributed by atoms with Gasteiger partial charge in [0.25, 0.3) is 5.91 Å². The Bertz CT molecular complexity index is 696. The van der Waals surface area contributed by atoms with Crippen molar-refractivity contribution in [2.75, 3.05) is 18.5 Å². The van der Waals surface area contributed by atoms with Crippen LogP contribution in [0, 0.1) is 0 Å². The molecule has 0 aromatic heterocycles. The van der Waals surface area contributed by atoms with Crippen molar-refractivity contribution in [3.05, 3.63) is 65.7 Å². The third kappa shape index (κ3) is 2.70. The quantitative estimate of drug-likeness (QED) is 0.944. The zero-order chi connectivity index (χ0) is 15.6. The molecule has 2 aliphatic rings. The summed E-state index contributed by atoms with van der Waals surface area (Å²) in [6.45, 7) is 1.42. The van der Waals surface area contributed by atoms with Crippen molar-refractivity contribution in [3.63, 3.8) is 0 Å². The number of carbonyl (C=O) groups is 1. The second-order valence-corrected chi connectivity index (χ2v) is 6.10. The Hall–Kier alpha value is -2.33. The Morgan fingerprint density at radius 3 is 2.65 bits per heavy atom. The highest BCUT2D eigenvalue weighted by Crippen LogP contribution is 2.33. The number of fused-ring (bicyclic) bond motifs is 1. The van der Waals surface area contributed by atoms with Gasteiger partial charge in [0.2, 0.25) is 0 Å². The lowest BCUT2D eigenvalue weighted by molar-refractivity contribution is 0.0427. The van der Waals surface area contributed by atoms with E-state index in [1.165, 1.54) is 0 Å². The van der Waals surface area contributed by atoms with Crippen LogP contribution in [0.15, 0.2) is 54.6 Å². The SMILES string of the molecule is O=C1c2ccccc2N[C@H](c2ccccc2)N1C[C@@H]1CCCO1. The van der Waals surface area contributed by atoms with Gasteiger partial charge in [0.05, 0.1) is 11.7 Å².